The minimum Gasteiger partial charge on any atom is -0.507 e. The number of aliphatic hydroxyl groups excluding tert-OH is 3. The van der Waals surface area contributed by atoms with Gasteiger partial charge >= 0.3 is 0 Å². The molecule has 0 bridgehead atoms. The van der Waals surface area contributed by atoms with E-state index >= 15 is 0 Å². The Labute approximate surface area is 291 Å². The van der Waals surface area contributed by atoms with Crippen molar-refractivity contribution >= 4 is 29.0 Å². The summed E-state index contributed by atoms with van der Waals surface area (Å²) in [7, 11) is 1.30. The molecule has 16 nitrogen and oxygen atoms in total. The molecule has 2 heterocycles. The largest absolute Gasteiger partial charge is 0.507 e. The van der Waals surface area contributed by atoms with Crippen molar-refractivity contribution in [1.82, 2.24) is 10.2 Å². The number of aromatic hydroxyl groups is 2. The maximum atomic E-state index is 13.9. The molecule has 1 amide bonds. The highest BCUT2D eigenvalue weighted by molar-refractivity contribution is 6.31. The second kappa shape index (κ2) is 13.7. The van der Waals surface area contributed by atoms with Crippen molar-refractivity contribution in [3.8, 4) is 17.2 Å². The molecule has 16 heteroatoms. The van der Waals surface area contributed by atoms with Gasteiger partial charge in [0.05, 0.1) is 60.8 Å². The summed E-state index contributed by atoms with van der Waals surface area (Å²) in [6, 6.07) is 2.62. The average Bonchev–Trinajstić information content (AvgIpc) is 3.50. The summed E-state index contributed by atoms with van der Waals surface area (Å²) in [4.78, 5) is 66.9. The number of likely N-dealkylation sites (tertiary alicyclic amines) is 1. The van der Waals surface area contributed by atoms with E-state index in [2.05, 4.69) is 5.32 Å². The lowest BCUT2D eigenvalue weighted by Crippen LogP contribution is -2.56. The standard InChI is InChI=1S/C35H40N2O14/c1-14-30(43)19(36-11-21(41)20-7-16(40)12-37(20)15(2)39)8-25(50-14)51-23-10-35(48,24(42)13-38)9-18-27(23)34(47)29-28(32(18)45)31(44)17-5-4-6-22(49-3)26(17)33(29)46/h4-6,14,16,19-20,23,25,30,36,38,40,43,45,47-48H,7-13H2,1-3H3/t14?,16-,19?,20+,23+,25?,30?,35+/m1/s1. The Kier molecular flexibility index (Phi) is 9.79. The number of benzene rings is 2. The summed E-state index contributed by atoms with van der Waals surface area (Å²) in [5, 5.41) is 68.4. The predicted molar refractivity (Wildman–Crippen MR) is 172 cm³/mol. The van der Waals surface area contributed by atoms with Gasteiger partial charge in [-0.1, -0.05) is 12.1 Å². The summed E-state index contributed by atoms with van der Waals surface area (Å²) < 4.78 is 17.4. The van der Waals surface area contributed by atoms with Crippen LogP contribution in [0, 0.1) is 0 Å². The van der Waals surface area contributed by atoms with E-state index < -0.39 is 108 Å². The van der Waals surface area contributed by atoms with Crippen molar-refractivity contribution in [2.45, 2.75) is 87.9 Å². The Morgan fingerprint density at radius 3 is 2.43 bits per heavy atom. The summed E-state index contributed by atoms with van der Waals surface area (Å²) in [5.41, 5.74) is -4.06. The van der Waals surface area contributed by atoms with Crippen molar-refractivity contribution in [3.63, 3.8) is 0 Å². The number of ketones is 4. The van der Waals surface area contributed by atoms with Gasteiger partial charge in [0.2, 0.25) is 11.7 Å². The smallest absolute Gasteiger partial charge is 0.220 e. The van der Waals surface area contributed by atoms with Gasteiger partial charge in [-0.05, 0) is 13.0 Å². The molecule has 0 radical (unpaired) electrons. The van der Waals surface area contributed by atoms with E-state index in [9.17, 15) is 54.6 Å². The van der Waals surface area contributed by atoms with E-state index in [0.29, 0.717) is 0 Å². The molecular formula is C35H40N2O14. The molecule has 2 fully saturated rings. The van der Waals surface area contributed by atoms with E-state index in [1.807, 2.05) is 0 Å². The van der Waals surface area contributed by atoms with Crippen molar-refractivity contribution < 1.29 is 68.8 Å². The molecule has 8 atom stereocenters. The first-order valence-corrected chi connectivity index (χ1v) is 16.6. The highest BCUT2D eigenvalue weighted by atomic mass is 16.7. The van der Waals surface area contributed by atoms with E-state index in [1.54, 1.807) is 0 Å². The zero-order valence-electron chi connectivity index (χ0n) is 28.1. The zero-order valence-corrected chi connectivity index (χ0v) is 28.1. The van der Waals surface area contributed by atoms with Crippen molar-refractivity contribution in [2.75, 3.05) is 26.8 Å². The van der Waals surface area contributed by atoms with Crippen molar-refractivity contribution in [3.05, 3.63) is 51.6 Å². The maximum Gasteiger partial charge on any atom is 0.220 e. The molecule has 0 aromatic heterocycles. The molecule has 4 aliphatic rings. The fraction of sp³-hybridized carbons (Fsp3) is 0.514. The molecule has 6 rings (SSSR count). The number of nitrogens with zero attached hydrogens (tertiary/aromatic N) is 1. The molecule has 2 aromatic rings. The number of aliphatic hydroxyl groups is 4. The van der Waals surface area contributed by atoms with Gasteiger partial charge in [-0.3, -0.25) is 24.0 Å². The lowest BCUT2D eigenvalue weighted by atomic mass is 9.72. The molecular weight excluding hydrogens is 672 g/mol. The van der Waals surface area contributed by atoms with Gasteiger partial charge in [-0.2, -0.15) is 0 Å². The zero-order chi connectivity index (χ0) is 37.1. The van der Waals surface area contributed by atoms with Crippen LogP contribution in [0.3, 0.4) is 0 Å². The molecule has 51 heavy (non-hydrogen) atoms. The van der Waals surface area contributed by atoms with Crippen molar-refractivity contribution in [1.29, 1.82) is 0 Å². The van der Waals surface area contributed by atoms with E-state index in [0.717, 1.165) is 0 Å². The first-order chi connectivity index (χ1) is 24.1. The highest BCUT2D eigenvalue weighted by Crippen LogP contribution is 2.52. The Morgan fingerprint density at radius 2 is 1.76 bits per heavy atom. The van der Waals surface area contributed by atoms with Gasteiger partial charge in [0.15, 0.2) is 23.6 Å². The lowest BCUT2D eigenvalue weighted by Gasteiger charge is -2.43. The normalized spacial score (nSPS) is 30.0. The van der Waals surface area contributed by atoms with Gasteiger partial charge in [-0.25, -0.2) is 0 Å². The summed E-state index contributed by atoms with van der Waals surface area (Å²) in [5.74, 6) is -4.84. The van der Waals surface area contributed by atoms with E-state index in [1.165, 1.54) is 44.1 Å². The van der Waals surface area contributed by atoms with E-state index in [-0.39, 0.29) is 65.6 Å². The van der Waals surface area contributed by atoms with Crippen LogP contribution in [0.4, 0.5) is 0 Å². The van der Waals surface area contributed by atoms with Crippen LogP contribution in [-0.4, -0.2) is 134 Å². The Hall–Kier alpha value is -4.29. The van der Waals surface area contributed by atoms with Crippen molar-refractivity contribution in [2.24, 2.45) is 0 Å². The van der Waals surface area contributed by atoms with E-state index in [4.69, 9.17) is 14.2 Å². The third-order valence-corrected chi connectivity index (χ3v) is 10.4. The van der Waals surface area contributed by atoms with Crippen LogP contribution in [0.25, 0.3) is 0 Å². The highest BCUT2D eigenvalue weighted by Gasteiger charge is 2.50. The number of carbonyl (C=O) groups is 5. The molecule has 2 aromatic carbocycles. The summed E-state index contributed by atoms with van der Waals surface area (Å²) >= 11 is 0. The van der Waals surface area contributed by atoms with Crippen LogP contribution in [0.1, 0.15) is 82.2 Å². The Balaban J connectivity index is 1.33. The number of β-amino-alcohol motifs (C(OH)–C–C–N with tert-alkyl or cyclic N) is 1. The van der Waals surface area contributed by atoms with Gasteiger partial charge in [0.25, 0.3) is 0 Å². The minimum atomic E-state index is -2.34. The monoisotopic (exact) mass is 712 g/mol. The molecule has 0 spiro atoms. The third kappa shape index (κ3) is 6.20. The molecule has 0 saturated carbocycles. The van der Waals surface area contributed by atoms with Gasteiger partial charge < -0.3 is 55.1 Å². The molecule has 2 aliphatic carbocycles. The molecule has 4 unspecified atom stereocenters. The maximum absolute atomic E-state index is 13.9. The average molecular weight is 713 g/mol. The number of phenolic OH excluding ortho intramolecular Hbond substituents is 2. The summed E-state index contributed by atoms with van der Waals surface area (Å²) in [6.07, 6.45) is -6.83. The molecule has 2 aliphatic heterocycles. The topological polar surface area (TPSA) is 250 Å². The predicted octanol–water partition coefficient (Wildman–Crippen LogP) is -0.817. The number of hydrogen-bond donors (Lipinski definition) is 7. The van der Waals surface area contributed by atoms with Crippen LogP contribution in [0.15, 0.2) is 18.2 Å². The molecule has 274 valence electrons. The number of carbonyl (C=O) groups excluding carboxylic acids is 5. The van der Waals surface area contributed by atoms with Crippen LogP contribution in [0.2, 0.25) is 0 Å². The number of rotatable bonds is 9. The number of ether oxygens (including phenoxy) is 3. The lowest BCUT2D eigenvalue weighted by molar-refractivity contribution is -0.249. The fourth-order valence-electron chi connectivity index (χ4n) is 7.74. The first-order valence-electron chi connectivity index (χ1n) is 16.6. The third-order valence-electron chi connectivity index (χ3n) is 10.4. The quantitative estimate of drug-likeness (QED) is 0.134. The summed E-state index contributed by atoms with van der Waals surface area (Å²) in [6.45, 7) is 1.51. The first kappa shape index (κ1) is 36.5. The number of Topliss-reactive ketones (excluding diaryl/α,β-unsaturated/α-hetero) is 2. The number of methoxy groups -OCH3 is 1. The number of hydrogen-bond acceptors (Lipinski definition) is 15. The molecule has 2 saturated heterocycles. The fourth-order valence-corrected chi connectivity index (χ4v) is 7.74. The Bertz CT molecular complexity index is 1810. The number of fused-ring (bicyclic) bond motifs is 3. The van der Waals surface area contributed by atoms with Crippen LogP contribution in [-0.2, 0) is 30.3 Å². The minimum absolute atomic E-state index is 0.0258. The Morgan fingerprint density at radius 1 is 1.06 bits per heavy atom. The van der Waals surface area contributed by atoms with Gasteiger partial charge in [0, 0.05) is 61.9 Å². The van der Waals surface area contributed by atoms with Crippen LogP contribution in [0.5, 0.6) is 17.2 Å². The number of phenols is 2. The van der Waals surface area contributed by atoms with Crippen LogP contribution >= 0.6 is 0 Å². The SMILES string of the molecule is COc1cccc2c1C(=O)c1c(O)c3c(c(O)c1C2=O)C[C@@](O)(C(=O)CO)C[C@@H]3OC1CC(NCC(=O)[C@@H]2C[C@@H](O)CN2C(C)=O)C(O)C(C)O1. The van der Waals surface area contributed by atoms with Gasteiger partial charge in [0.1, 0.15) is 29.5 Å². The second-order valence-electron chi connectivity index (χ2n) is 13.5. The second-order valence-corrected chi connectivity index (χ2v) is 13.5. The number of amides is 1. The van der Waals surface area contributed by atoms with Crippen LogP contribution < -0.4 is 10.1 Å². The molecule has 7 N–H and O–H groups in total. The van der Waals surface area contributed by atoms with Gasteiger partial charge in [-0.15, -0.1) is 0 Å². The number of nitrogens with one attached hydrogen (secondary N) is 1.